The number of hydrogen-bond donors (Lipinski definition) is 2. The molecule has 2 N–H and O–H groups in total. The molecular weight excluding hydrogens is 590 g/mol. The SMILES string of the molecule is COc1ccccc1-c1noc(C)c1C(=O)N1CCN(c2cc(NC(=O)c3ccc(N(C)C)cc3)c([N+](C)([O-])O)cc2C#N)CC1. The molecule has 4 aromatic rings. The lowest BCUT2D eigenvalue weighted by atomic mass is 10.0. The van der Waals surface area contributed by atoms with Crippen LogP contribution in [-0.2, 0) is 0 Å². The molecule has 5 rings (SSSR count). The maximum absolute atomic E-state index is 13.8. The highest BCUT2D eigenvalue weighted by Crippen LogP contribution is 2.37. The molecule has 1 saturated heterocycles. The number of hydrogen-bond acceptors (Lipinski definition) is 10. The minimum atomic E-state index is -1.85. The first kappa shape index (κ1) is 32.0. The van der Waals surface area contributed by atoms with Gasteiger partial charge in [0.1, 0.15) is 41.6 Å². The Labute approximate surface area is 266 Å². The zero-order chi connectivity index (χ0) is 33.2. The molecule has 1 aromatic heterocycles. The molecule has 0 aliphatic carbocycles. The van der Waals surface area contributed by atoms with Crippen LogP contribution in [0.4, 0.5) is 22.7 Å². The van der Waals surface area contributed by atoms with Gasteiger partial charge in [0.25, 0.3) is 11.8 Å². The predicted molar refractivity (Wildman–Crippen MR) is 174 cm³/mol. The predicted octanol–water partition coefficient (Wildman–Crippen LogP) is 4.64. The van der Waals surface area contributed by atoms with Crippen LogP contribution >= 0.6 is 0 Å². The number of amides is 2. The Morgan fingerprint density at radius 3 is 2.39 bits per heavy atom. The van der Waals surface area contributed by atoms with Crippen LogP contribution in [0.15, 0.2) is 65.2 Å². The van der Waals surface area contributed by atoms with E-state index in [4.69, 9.17) is 9.26 Å². The number of piperazine rings is 1. The molecule has 2 heterocycles. The number of quaternary nitrogens is 1. The monoisotopic (exact) mass is 625 g/mol. The fourth-order valence-corrected chi connectivity index (χ4v) is 5.43. The Hall–Kier alpha value is -5.42. The number of aromatic nitrogens is 1. The lowest BCUT2D eigenvalue weighted by molar-refractivity contribution is -0.00383. The molecule has 1 atom stereocenters. The summed E-state index contributed by atoms with van der Waals surface area (Å²) in [5, 5.41) is 39.9. The molecule has 1 aliphatic heterocycles. The van der Waals surface area contributed by atoms with Gasteiger partial charge in [-0.1, -0.05) is 17.3 Å². The van der Waals surface area contributed by atoms with Gasteiger partial charge in [-0.3, -0.25) is 9.59 Å². The number of nitrogens with one attached hydrogen (secondary N) is 1. The molecule has 13 nitrogen and oxygen atoms in total. The molecular formula is C33H35N7O6. The van der Waals surface area contributed by atoms with Crippen molar-refractivity contribution in [2.75, 3.05) is 69.5 Å². The van der Waals surface area contributed by atoms with Gasteiger partial charge in [0.05, 0.1) is 18.4 Å². The van der Waals surface area contributed by atoms with E-state index in [9.17, 15) is 25.3 Å². The molecule has 1 fully saturated rings. The van der Waals surface area contributed by atoms with Crippen molar-refractivity contribution in [3.8, 4) is 23.1 Å². The quantitative estimate of drug-likeness (QED) is 0.209. The molecule has 46 heavy (non-hydrogen) atoms. The highest BCUT2D eigenvalue weighted by atomic mass is 16.8. The summed E-state index contributed by atoms with van der Waals surface area (Å²) in [5.74, 6) is 0.214. The van der Waals surface area contributed by atoms with Gasteiger partial charge in [0.2, 0.25) is 0 Å². The number of carbonyl (C=O) groups excluding carboxylic acids is 2. The number of hydroxylamine groups is 2. The van der Waals surface area contributed by atoms with Crippen molar-refractivity contribution >= 4 is 34.6 Å². The summed E-state index contributed by atoms with van der Waals surface area (Å²) >= 11 is 0. The minimum absolute atomic E-state index is 0.0655. The average molecular weight is 626 g/mol. The summed E-state index contributed by atoms with van der Waals surface area (Å²) < 4.78 is 10.9. The third-order valence-electron chi connectivity index (χ3n) is 7.92. The second-order valence-corrected chi connectivity index (χ2v) is 11.2. The minimum Gasteiger partial charge on any atom is -0.593 e. The van der Waals surface area contributed by atoms with E-state index >= 15 is 0 Å². The van der Waals surface area contributed by atoms with Crippen LogP contribution in [0.5, 0.6) is 5.75 Å². The Kier molecular flexibility index (Phi) is 8.97. The Bertz CT molecular complexity index is 1800. The van der Waals surface area contributed by atoms with Crippen molar-refractivity contribution in [2.24, 2.45) is 0 Å². The fraction of sp³-hybridized carbons (Fsp3) is 0.273. The molecule has 13 heteroatoms. The highest BCUT2D eigenvalue weighted by molar-refractivity contribution is 6.06. The molecule has 3 aromatic carbocycles. The zero-order valence-corrected chi connectivity index (χ0v) is 26.3. The third kappa shape index (κ3) is 6.36. The van der Waals surface area contributed by atoms with E-state index in [1.54, 1.807) is 49.3 Å². The van der Waals surface area contributed by atoms with Crippen molar-refractivity contribution in [3.05, 3.63) is 88.3 Å². The first-order valence-electron chi connectivity index (χ1n) is 14.5. The lowest BCUT2D eigenvalue weighted by Crippen LogP contribution is -2.49. The number of aryl methyl sites for hydroxylation is 1. The smallest absolute Gasteiger partial charge is 0.259 e. The molecule has 238 valence electrons. The maximum atomic E-state index is 13.8. The maximum Gasteiger partial charge on any atom is 0.259 e. The van der Waals surface area contributed by atoms with Crippen molar-refractivity contribution in [3.63, 3.8) is 0 Å². The number of para-hydroxylation sites is 1. The molecule has 2 amide bonds. The number of nitrogens with zero attached hydrogens (tertiary/aromatic N) is 6. The van der Waals surface area contributed by atoms with Crippen molar-refractivity contribution in [1.29, 1.82) is 5.26 Å². The molecule has 0 bridgehead atoms. The first-order chi connectivity index (χ1) is 21.9. The van der Waals surface area contributed by atoms with Crippen LogP contribution in [0.2, 0.25) is 0 Å². The third-order valence-corrected chi connectivity index (χ3v) is 7.92. The summed E-state index contributed by atoms with van der Waals surface area (Å²) in [5.41, 5.74) is 3.11. The van der Waals surface area contributed by atoms with Crippen LogP contribution < -0.4 is 24.7 Å². The summed E-state index contributed by atoms with van der Waals surface area (Å²) in [4.78, 5) is 30.6. The number of ether oxygens (including phenoxy) is 1. The lowest BCUT2D eigenvalue weighted by Gasteiger charge is -2.37. The summed E-state index contributed by atoms with van der Waals surface area (Å²) in [6, 6.07) is 19.1. The van der Waals surface area contributed by atoms with E-state index < -0.39 is 10.7 Å². The van der Waals surface area contributed by atoms with Crippen molar-refractivity contribution in [2.45, 2.75) is 6.92 Å². The first-order valence-corrected chi connectivity index (χ1v) is 14.5. The van der Waals surface area contributed by atoms with E-state index in [1.165, 1.54) is 12.1 Å². The molecule has 0 saturated carbocycles. The normalized spacial score (nSPS) is 14.3. The highest BCUT2D eigenvalue weighted by Gasteiger charge is 2.31. The van der Waals surface area contributed by atoms with Gasteiger partial charge in [-0.15, -0.1) is 0 Å². The van der Waals surface area contributed by atoms with Crippen LogP contribution in [0.3, 0.4) is 0 Å². The van der Waals surface area contributed by atoms with E-state index in [0.717, 1.165) is 12.7 Å². The van der Waals surface area contributed by atoms with Crippen LogP contribution in [0.1, 0.15) is 32.0 Å². The van der Waals surface area contributed by atoms with Crippen LogP contribution in [0, 0.1) is 23.5 Å². The zero-order valence-electron chi connectivity index (χ0n) is 26.3. The van der Waals surface area contributed by atoms with Crippen LogP contribution in [-0.4, -0.2) is 81.5 Å². The van der Waals surface area contributed by atoms with Crippen LogP contribution in [0.25, 0.3) is 11.3 Å². The van der Waals surface area contributed by atoms with E-state index in [-0.39, 0.29) is 22.8 Å². The van der Waals surface area contributed by atoms with Gasteiger partial charge in [0, 0.05) is 63.2 Å². The molecule has 0 radical (unpaired) electrons. The van der Waals surface area contributed by atoms with Gasteiger partial charge in [-0.25, -0.2) is 5.21 Å². The summed E-state index contributed by atoms with van der Waals surface area (Å²) in [7, 11) is 6.32. The number of nitriles is 1. The van der Waals surface area contributed by atoms with E-state index in [0.29, 0.717) is 65.8 Å². The number of rotatable bonds is 8. The Morgan fingerprint density at radius 2 is 1.78 bits per heavy atom. The Morgan fingerprint density at radius 1 is 1.11 bits per heavy atom. The molecule has 0 spiro atoms. The number of anilines is 3. The van der Waals surface area contributed by atoms with Gasteiger partial charge in [-0.2, -0.15) is 10.1 Å². The summed E-state index contributed by atoms with van der Waals surface area (Å²) in [6.07, 6.45) is 0. The average Bonchev–Trinajstić information content (AvgIpc) is 3.44. The molecule has 1 aliphatic rings. The topological polar surface area (TPSA) is 158 Å². The molecule has 1 unspecified atom stereocenters. The Balaban J connectivity index is 1.39. The van der Waals surface area contributed by atoms with Gasteiger partial charge in [-0.05, 0) is 49.4 Å². The van der Waals surface area contributed by atoms with E-state index in [1.807, 2.05) is 42.1 Å². The van der Waals surface area contributed by atoms with Gasteiger partial charge < -0.3 is 34.5 Å². The second kappa shape index (κ2) is 12.9. The summed E-state index contributed by atoms with van der Waals surface area (Å²) in [6.45, 7) is 3.03. The largest absolute Gasteiger partial charge is 0.593 e. The van der Waals surface area contributed by atoms with Crippen molar-refractivity contribution in [1.82, 2.24) is 14.9 Å². The number of methoxy groups -OCH3 is 1. The second-order valence-electron chi connectivity index (χ2n) is 11.2. The standard InChI is InChI=1S/C33H35N7O6/c1-21-30(31(36-46-21)25-8-6-7-9-29(25)45-5)33(42)39-16-14-38(15-17-39)27-19-26(28(40(4,43)44)18-23(27)20-34)35-32(41)22-10-12-24(13-11-22)37(2)3/h6-13,18-19,43H,14-17H2,1-5H3,(H,35,41). The number of carbonyl (C=O) groups is 2. The van der Waals surface area contributed by atoms with E-state index in [2.05, 4.69) is 16.5 Å². The van der Waals surface area contributed by atoms with Crippen molar-refractivity contribution < 1.29 is 24.1 Å². The van der Waals surface area contributed by atoms with Gasteiger partial charge in [0.15, 0.2) is 5.69 Å². The fourth-order valence-electron chi connectivity index (χ4n) is 5.43. The van der Waals surface area contributed by atoms with Gasteiger partial charge >= 0.3 is 0 Å². The number of benzene rings is 3.